The van der Waals surface area contributed by atoms with Crippen molar-refractivity contribution in [3.8, 4) is 5.75 Å². The maximum atomic E-state index is 13.0. The lowest BCUT2D eigenvalue weighted by molar-refractivity contribution is -0.139. The predicted octanol–water partition coefficient (Wildman–Crippen LogP) is 3.73. The molecule has 1 heterocycles. The van der Waals surface area contributed by atoms with Gasteiger partial charge in [0.25, 0.3) is 0 Å². The third kappa shape index (κ3) is 2.89. The number of carbonyl (C=O) groups is 3. The van der Waals surface area contributed by atoms with Crippen LogP contribution in [0.25, 0.3) is 10.8 Å². The summed E-state index contributed by atoms with van der Waals surface area (Å²) in [5, 5.41) is 1.94. The molecule has 0 radical (unpaired) electrons. The molecule has 0 atom stereocenters. The van der Waals surface area contributed by atoms with Crippen LogP contribution >= 0.6 is 0 Å². The van der Waals surface area contributed by atoms with Gasteiger partial charge in [-0.25, -0.2) is 9.69 Å². The summed E-state index contributed by atoms with van der Waals surface area (Å²) in [6, 6.07) is 19.4. The van der Waals surface area contributed by atoms with Gasteiger partial charge in [0.2, 0.25) is 0 Å². The summed E-state index contributed by atoms with van der Waals surface area (Å²) in [7, 11) is 0. The summed E-state index contributed by atoms with van der Waals surface area (Å²) < 4.78 is 5.52. The van der Waals surface area contributed by atoms with Crippen molar-refractivity contribution >= 4 is 34.3 Å². The van der Waals surface area contributed by atoms with Crippen LogP contribution in [0.4, 0.5) is 10.5 Å². The lowest BCUT2D eigenvalue weighted by atomic mass is 10.0. The zero-order chi connectivity index (χ0) is 19.7. The molecule has 28 heavy (non-hydrogen) atoms. The minimum absolute atomic E-state index is 0.0259. The number of anilines is 1. The number of amides is 4. The molecular formula is C22H18N2O4. The zero-order valence-corrected chi connectivity index (χ0v) is 15.3. The van der Waals surface area contributed by atoms with E-state index in [0.29, 0.717) is 12.4 Å². The van der Waals surface area contributed by atoms with Crippen LogP contribution in [-0.4, -0.2) is 29.4 Å². The fourth-order valence-electron chi connectivity index (χ4n) is 3.38. The SMILES string of the molecule is CCOc1ccccc1N1C(=O)C(=O)N(Cc2cccc3ccccc23)C1=O. The standard InChI is InChI=1S/C22H18N2O4/c1-2-28-19-13-6-5-12-18(19)24-21(26)20(25)23(22(24)27)14-16-10-7-9-15-8-3-4-11-17(15)16/h3-13H,2,14H2,1H3. The smallest absolute Gasteiger partial charge is 0.339 e. The van der Waals surface area contributed by atoms with Gasteiger partial charge in [0, 0.05) is 0 Å². The predicted molar refractivity (Wildman–Crippen MR) is 105 cm³/mol. The Morgan fingerprint density at radius 1 is 0.821 bits per heavy atom. The number of urea groups is 1. The lowest BCUT2D eigenvalue weighted by Gasteiger charge is -2.18. The van der Waals surface area contributed by atoms with E-state index < -0.39 is 17.8 Å². The molecule has 0 unspecified atom stereocenters. The first-order valence-corrected chi connectivity index (χ1v) is 9.00. The summed E-state index contributed by atoms with van der Waals surface area (Å²) >= 11 is 0. The number of rotatable bonds is 5. The molecule has 1 fully saturated rings. The fraction of sp³-hybridized carbons (Fsp3) is 0.136. The van der Waals surface area contributed by atoms with Gasteiger partial charge < -0.3 is 4.74 Å². The highest BCUT2D eigenvalue weighted by atomic mass is 16.5. The van der Waals surface area contributed by atoms with Gasteiger partial charge in [0.05, 0.1) is 18.8 Å². The maximum absolute atomic E-state index is 13.0. The molecule has 3 aromatic rings. The highest BCUT2D eigenvalue weighted by molar-refractivity contribution is 6.53. The van der Waals surface area contributed by atoms with Crippen LogP contribution < -0.4 is 9.64 Å². The van der Waals surface area contributed by atoms with Gasteiger partial charge in [-0.15, -0.1) is 0 Å². The minimum Gasteiger partial charge on any atom is -0.492 e. The maximum Gasteiger partial charge on any atom is 0.339 e. The van der Waals surface area contributed by atoms with Crippen LogP contribution in [0, 0.1) is 0 Å². The van der Waals surface area contributed by atoms with Gasteiger partial charge >= 0.3 is 17.8 Å². The molecule has 0 spiro atoms. The van der Waals surface area contributed by atoms with Crippen molar-refractivity contribution in [2.24, 2.45) is 0 Å². The second-order valence-electron chi connectivity index (χ2n) is 6.35. The molecular weight excluding hydrogens is 356 g/mol. The second-order valence-corrected chi connectivity index (χ2v) is 6.35. The number of imide groups is 2. The molecule has 0 N–H and O–H groups in total. The second kappa shape index (κ2) is 7.15. The van der Waals surface area contributed by atoms with E-state index in [1.54, 1.807) is 24.3 Å². The van der Waals surface area contributed by atoms with Crippen molar-refractivity contribution in [2.75, 3.05) is 11.5 Å². The molecule has 1 aliphatic heterocycles. The molecule has 4 amide bonds. The number of benzene rings is 3. The average molecular weight is 374 g/mol. The Morgan fingerprint density at radius 2 is 1.54 bits per heavy atom. The van der Waals surface area contributed by atoms with Gasteiger partial charge in [-0.3, -0.25) is 14.5 Å². The molecule has 3 aromatic carbocycles. The van der Waals surface area contributed by atoms with E-state index in [1.807, 2.05) is 49.4 Å². The van der Waals surface area contributed by atoms with E-state index in [-0.39, 0.29) is 12.2 Å². The Kier molecular flexibility index (Phi) is 4.53. The summed E-state index contributed by atoms with van der Waals surface area (Å²) in [4.78, 5) is 40.0. The number of nitrogens with zero attached hydrogens (tertiary/aromatic N) is 2. The molecule has 6 nitrogen and oxygen atoms in total. The first-order valence-electron chi connectivity index (χ1n) is 9.00. The van der Waals surface area contributed by atoms with Crippen molar-refractivity contribution in [1.82, 2.24) is 4.90 Å². The number of hydrogen-bond acceptors (Lipinski definition) is 4. The topological polar surface area (TPSA) is 66.9 Å². The van der Waals surface area contributed by atoms with E-state index in [1.165, 1.54) is 0 Å². The van der Waals surface area contributed by atoms with Gasteiger partial charge in [-0.2, -0.15) is 0 Å². The van der Waals surface area contributed by atoms with E-state index in [2.05, 4.69) is 0 Å². The number of fused-ring (bicyclic) bond motifs is 1. The quantitative estimate of drug-likeness (QED) is 0.504. The normalized spacial score (nSPS) is 14.2. The van der Waals surface area contributed by atoms with Crippen LogP contribution in [0.15, 0.2) is 66.7 Å². The van der Waals surface area contributed by atoms with Crippen molar-refractivity contribution in [1.29, 1.82) is 0 Å². The van der Waals surface area contributed by atoms with Crippen LogP contribution in [0.5, 0.6) is 5.75 Å². The minimum atomic E-state index is -0.877. The van der Waals surface area contributed by atoms with E-state index in [0.717, 1.165) is 26.1 Å². The zero-order valence-electron chi connectivity index (χ0n) is 15.3. The molecule has 1 saturated heterocycles. The number of carbonyl (C=O) groups excluding carboxylic acids is 3. The highest BCUT2D eigenvalue weighted by Gasteiger charge is 2.46. The van der Waals surface area contributed by atoms with Crippen LogP contribution in [0.1, 0.15) is 12.5 Å². The third-order valence-electron chi connectivity index (χ3n) is 4.67. The lowest BCUT2D eigenvalue weighted by Crippen LogP contribution is -2.33. The fourth-order valence-corrected chi connectivity index (χ4v) is 3.38. The van der Waals surface area contributed by atoms with Crippen molar-refractivity contribution in [3.05, 3.63) is 72.3 Å². The largest absolute Gasteiger partial charge is 0.492 e. The summed E-state index contributed by atoms with van der Waals surface area (Å²) in [6.07, 6.45) is 0. The summed E-state index contributed by atoms with van der Waals surface area (Å²) in [5.41, 5.74) is 1.07. The number of para-hydroxylation sites is 2. The number of hydrogen-bond donors (Lipinski definition) is 0. The molecule has 0 aliphatic carbocycles. The van der Waals surface area contributed by atoms with Gasteiger partial charge in [0.1, 0.15) is 5.75 Å². The van der Waals surface area contributed by atoms with Gasteiger partial charge in [0.15, 0.2) is 0 Å². The summed E-state index contributed by atoms with van der Waals surface area (Å²) in [6.45, 7) is 2.21. The van der Waals surface area contributed by atoms with Crippen molar-refractivity contribution in [2.45, 2.75) is 13.5 Å². The van der Waals surface area contributed by atoms with Crippen molar-refractivity contribution < 1.29 is 19.1 Å². The third-order valence-corrected chi connectivity index (χ3v) is 4.67. The van der Waals surface area contributed by atoms with E-state index >= 15 is 0 Å². The van der Waals surface area contributed by atoms with E-state index in [9.17, 15) is 14.4 Å². The van der Waals surface area contributed by atoms with Crippen LogP contribution in [0.3, 0.4) is 0 Å². The Balaban J connectivity index is 1.70. The number of ether oxygens (including phenoxy) is 1. The van der Waals surface area contributed by atoms with Crippen molar-refractivity contribution in [3.63, 3.8) is 0 Å². The van der Waals surface area contributed by atoms with Gasteiger partial charge in [-0.1, -0.05) is 54.6 Å². The Labute approximate surface area is 161 Å². The Bertz CT molecular complexity index is 1090. The molecule has 6 heteroatoms. The Hall–Kier alpha value is -3.67. The van der Waals surface area contributed by atoms with E-state index in [4.69, 9.17) is 4.74 Å². The molecule has 0 saturated carbocycles. The molecule has 1 aliphatic rings. The highest BCUT2D eigenvalue weighted by Crippen LogP contribution is 2.32. The first-order chi connectivity index (χ1) is 13.6. The summed E-state index contributed by atoms with van der Waals surface area (Å²) in [5.74, 6) is -1.34. The monoisotopic (exact) mass is 374 g/mol. The molecule has 0 aromatic heterocycles. The average Bonchev–Trinajstić information content (AvgIpc) is 2.92. The molecule has 140 valence electrons. The molecule has 4 rings (SSSR count). The van der Waals surface area contributed by atoms with Gasteiger partial charge in [-0.05, 0) is 35.4 Å². The first kappa shape index (κ1) is 17.7. The van der Waals surface area contributed by atoms with Crippen LogP contribution in [0.2, 0.25) is 0 Å². The molecule has 0 bridgehead atoms. The Morgan fingerprint density at radius 3 is 2.36 bits per heavy atom. The van der Waals surface area contributed by atoms with Crippen LogP contribution in [-0.2, 0) is 16.1 Å².